The fourth-order valence-electron chi connectivity index (χ4n) is 2.58. The van der Waals surface area contributed by atoms with Crippen LogP contribution >= 0.6 is 0 Å². The normalized spacial score (nSPS) is 11.0. The number of nitrogens with zero attached hydrogens (tertiary/aromatic N) is 2. The topological polar surface area (TPSA) is 66.0 Å². The molecule has 0 saturated carbocycles. The number of amides is 1. The van der Waals surface area contributed by atoms with E-state index in [-0.39, 0.29) is 5.91 Å². The standard InChI is InChI=1S/C22H30N4O2/c1-4-23-21(27)19-13-11-18(12-14-19)17-25-22(24-5-2)26(3)15-16-28-20-9-7-6-8-10-20/h6-14H,4-5,15-17H2,1-3H3,(H,23,27)(H,24,25). The lowest BCUT2D eigenvalue weighted by Crippen LogP contribution is -2.40. The summed E-state index contributed by atoms with van der Waals surface area (Å²) in [5, 5.41) is 6.10. The Hall–Kier alpha value is -3.02. The van der Waals surface area contributed by atoms with E-state index in [0.29, 0.717) is 25.3 Å². The molecule has 0 unspecified atom stereocenters. The lowest BCUT2D eigenvalue weighted by atomic mass is 10.1. The molecule has 0 bridgehead atoms. The first-order valence-corrected chi connectivity index (χ1v) is 9.68. The monoisotopic (exact) mass is 382 g/mol. The molecule has 0 aliphatic heterocycles. The lowest BCUT2D eigenvalue weighted by Gasteiger charge is -2.22. The van der Waals surface area contributed by atoms with Crippen LogP contribution in [0.4, 0.5) is 0 Å². The van der Waals surface area contributed by atoms with Gasteiger partial charge in [-0.2, -0.15) is 0 Å². The van der Waals surface area contributed by atoms with Crippen molar-refractivity contribution in [1.82, 2.24) is 15.5 Å². The van der Waals surface area contributed by atoms with Gasteiger partial charge in [-0.05, 0) is 43.7 Å². The summed E-state index contributed by atoms with van der Waals surface area (Å²) in [6, 6.07) is 17.3. The van der Waals surface area contributed by atoms with E-state index in [1.165, 1.54) is 0 Å². The van der Waals surface area contributed by atoms with E-state index >= 15 is 0 Å². The molecule has 2 aromatic rings. The molecule has 0 aromatic heterocycles. The van der Waals surface area contributed by atoms with E-state index in [4.69, 9.17) is 9.73 Å². The van der Waals surface area contributed by atoms with Gasteiger partial charge in [0.2, 0.25) is 0 Å². The zero-order chi connectivity index (χ0) is 20.2. The molecule has 0 radical (unpaired) electrons. The number of hydrogen-bond acceptors (Lipinski definition) is 3. The van der Waals surface area contributed by atoms with Gasteiger partial charge in [-0.3, -0.25) is 4.79 Å². The van der Waals surface area contributed by atoms with Crippen molar-refractivity contribution >= 4 is 11.9 Å². The Labute approximate surface area is 167 Å². The Kier molecular flexibility index (Phi) is 8.85. The van der Waals surface area contributed by atoms with Gasteiger partial charge in [-0.15, -0.1) is 0 Å². The van der Waals surface area contributed by atoms with E-state index in [9.17, 15) is 4.79 Å². The summed E-state index contributed by atoms with van der Waals surface area (Å²) in [7, 11) is 1.99. The van der Waals surface area contributed by atoms with Crippen molar-refractivity contribution in [3.63, 3.8) is 0 Å². The molecule has 2 rings (SSSR count). The van der Waals surface area contributed by atoms with Crippen molar-refractivity contribution in [2.75, 3.05) is 33.3 Å². The van der Waals surface area contributed by atoms with Gasteiger partial charge in [0.1, 0.15) is 12.4 Å². The number of carbonyl (C=O) groups excluding carboxylic acids is 1. The Morgan fingerprint density at radius 1 is 1.00 bits per heavy atom. The van der Waals surface area contributed by atoms with Crippen LogP contribution in [-0.2, 0) is 6.54 Å². The van der Waals surface area contributed by atoms with Crippen LogP contribution in [0.5, 0.6) is 5.75 Å². The van der Waals surface area contributed by atoms with Crippen molar-refractivity contribution in [2.24, 2.45) is 4.99 Å². The molecular formula is C22H30N4O2. The largest absolute Gasteiger partial charge is 0.492 e. The first-order valence-electron chi connectivity index (χ1n) is 9.68. The first kappa shape index (κ1) is 21.3. The number of para-hydroxylation sites is 1. The molecule has 6 heteroatoms. The highest BCUT2D eigenvalue weighted by Crippen LogP contribution is 2.08. The minimum Gasteiger partial charge on any atom is -0.492 e. The van der Waals surface area contributed by atoms with Crippen LogP contribution in [0.1, 0.15) is 29.8 Å². The van der Waals surface area contributed by atoms with Crippen LogP contribution in [0.25, 0.3) is 0 Å². The van der Waals surface area contributed by atoms with Crippen LogP contribution < -0.4 is 15.4 Å². The molecule has 2 aromatic carbocycles. The second-order valence-electron chi connectivity index (χ2n) is 6.31. The number of likely N-dealkylation sites (N-methyl/N-ethyl adjacent to an activating group) is 1. The maximum absolute atomic E-state index is 11.8. The summed E-state index contributed by atoms with van der Waals surface area (Å²) in [4.78, 5) is 18.6. The molecule has 0 heterocycles. The summed E-state index contributed by atoms with van der Waals surface area (Å²) in [5.74, 6) is 1.64. The average Bonchev–Trinajstić information content (AvgIpc) is 2.72. The van der Waals surface area contributed by atoms with Crippen LogP contribution in [0.3, 0.4) is 0 Å². The minimum atomic E-state index is -0.0518. The van der Waals surface area contributed by atoms with E-state index < -0.39 is 0 Å². The van der Waals surface area contributed by atoms with Crippen LogP contribution in [0.2, 0.25) is 0 Å². The predicted octanol–water partition coefficient (Wildman–Crippen LogP) is 2.91. The quantitative estimate of drug-likeness (QED) is 0.517. The van der Waals surface area contributed by atoms with Crippen molar-refractivity contribution in [3.8, 4) is 5.75 Å². The highest BCUT2D eigenvalue weighted by atomic mass is 16.5. The first-order chi connectivity index (χ1) is 13.6. The number of benzene rings is 2. The van der Waals surface area contributed by atoms with Gasteiger partial charge in [-0.1, -0.05) is 30.3 Å². The predicted molar refractivity (Wildman–Crippen MR) is 114 cm³/mol. The summed E-state index contributed by atoms with van der Waals surface area (Å²) in [6.07, 6.45) is 0. The zero-order valence-electron chi connectivity index (χ0n) is 16.9. The summed E-state index contributed by atoms with van der Waals surface area (Å²) in [6.45, 7) is 7.20. The molecular weight excluding hydrogens is 352 g/mol. The van der Waals surface area contributed by atoms with Crippen molar-refractivity contribution in [2.45, 2.75) is 20.4 Å². The molecule has 6 nitrogen and oxygen atoms in total. The molecule has 0 aliphatic carbocycles. The van der Waals surface area contributed by atoms with E-state index in [2.05, 4.69) is 15.5 Å². The lowest BCUT2D eigenvalue weighted by molar-refractivity contribution is 0.0956. The average molecular weight is 383 g/mol. The number of rotatable bonds is 9. The number of carbonyl (C=O) groups is 1. The summed E-state index contributed by atoms with van der Waals surface area (Å²) >= 11 is 0. The van der Waals surface area contributed by atoms with Crippen LogP contribution in [0.15, 0.2) is 59.6 Å². The van der Waals surface area contributed by atoms with Gasteiger partial charge < -0.3 is 20.3 Å². The smallest absolute Gasteiger partial charge is 0.251 e. The number of nitrogens with one attached hydrogen (secondary N) is 2. The molecule has 0 atom stereocenters. The van der Waals surface area contributed by atoms with E-state index in [1.54, 1.807) is 0 Å². The molecule has 0 fully saturated rings. The van der Waals surface area contributed by atoms with Gasteiger partial charge in [0.25, 0.3) is 5.91 Å². The van der Waals surface area contributed by atoms with Crippen molar-refractivity contribution in [1.29, 1.82) is 0 Å². The fraction of sp³-hybridized carbons (Fsp3) is 0.364. The summed E-state index contributed by atoms with van der Waals surface area (Å²) in [5.41, 5.74) is 1.72. The van der Waals surface area contributed by atoms with Gasteiger partial charge >= 0.3 is 0 Å². The summed E-state index contributed by atoms with van der Waals surface area (Å²) < 4.78 is 5.76. The third-order valence-corrected chi connectivity index (χ3v) is 4.10. The molecule has 150 valence electrons. The molecule has 2 N–H and O–H groups in total. The Bertz CT molecular complexity index is 745. The van der Waals surface area contributed by atoms with E-state index in [0.717, 1.165) is 30.4 Å². The third-order valence-electron chi connectivity index (χ3n) is 4.10. The second kappa shape index (κ2) is 11.6. The van der Waals surface area contributed by atoms with E-state index in [1.807, 2.05) is 75.5 Å². The fourth-order valence-corrected chi connectivity index (χ4v) is 2.58. The highest BCUT2D eigenvalue weighted by molar-refractivity contribution is 5.94. The molecule has 28 heavy (non-hydrogen) atoms. The van der Waals surface area contributed by atoms with Gasteiger partial charge in [-0.25, -0.2) is 4.99 Å². The Balaban J connectivity index is 1.90. The van der Waals surface area contributed by atoms with Gasteiger partial charge in [0.05, 0.1) is 13.1 Å². The molecule has 0 spiro atoms. The van der Waals surface area contributed by atoms with Crippen molar-refractivity contribution in [3.05, 3.63) is 65.7 Å². The zero-order valence-corrected chi connectivity index (χ0v) is 16.9. The van der Waals surface area contributed by atoms with Crippen LogP contribution in [-0.4, -0.2) is 50.1 Å². The number of guanidine groups is 1. The highest BCUT2D eigenvalue weighted by Gasteiger charge is 2.07. The second-order valence-corrected chi connectivity index (χ2v) is 6.31. The minimum absolute atomic E-state index is 0.0518. The number of aliphatic imine (C=N–C) groups is 1. The van der Waals surface area contributed by atoms with Gasteiger partial charge in [0.15, 0.2) is 5.96 Å². The molecule has 1 amide bonds. The van der Waals surface area contributed by atoms with Crippen molar-refractivity contribution < 1.29 is 9.53 Å². The SMILES string of the molecule is CCNC(=O)c1ccc(CN=C(NCC)N(C)CCOc2ccccc2)cc1. The Morgan fingerprint density at radius 3 is 2.32 bits per heavy atom. The molecule has 0 aliphatic rings. The van der Waals surface area contributed by atoms with Gasteiger partial charge in [0, 0.05) is 25.7 Å². The molecule has 0 saturated heterocycles. The Morgan fingerprint density at radius 2 is 1.68 bits per heavy atom. The number of hydrogen-bond donors (Lipinski definition) is 2. The third kappa shape index (κ3) is 6.95. The maximum Gasteiger partial charge on any atom is 0.251 e. The van der Waals surface area contributed by atoms with Crippen LogP contribution in [0, 0.1) is 0 Å². The number of ether oxygens (including phenoxy) is 1. The maximum atomic E-state index is 11.8.